The number of methoxy groups -OCH3 is 1. The van der Waals surface area contributed by atoms with Gasteiger partial charge < -0.3 is 20.1 Å². The average molecular weight is 150 g/mol. The fourth-order valence-corrected chi connectivity index (χ4v) is 0.779. The van der Waals surface area contributed by atoms with Gasteiger partial charge in [0, 0.05) is 7.11 Å². The average Bonchev–Trinajstić information content (AvgIpc) is 1.88. The van der Waals surface area contributed by atoms with E-state index in [1.807, 2.05) is 0 Å². The summed E-state index contributed by atoms with van der Waals surface area (Å²) in [5.74, 6) is 0. The van der Waals surface area contributed by atoms with E-state index in [0.717, 1.165) is 0 Å². The molecule has 62 valence electrons. The van der Waals surface area contributed by atoms with Crippen LogP contribution < -0.4 is 0 Å². The van der Waals surface area contributed by atoms with Crippen LogP contribution in [0.1, 0.15) is 6.92 Å². The Bertz CT molecular complexity index is 83.8. The van der Waals surface area contributed by atoms with Gasteiger partial charge in [-0.05, 0) is 6.92 Å². The minimum atomic E-state index is -1.01. The molecule has 0 saturated heterocycles. The molecule has 0 aliphatic carbocycles. The zero-order valence-electron chi connectivity index (χ0n) is 6.19. The van der Waals surface area contributed by atoms with Crippen LogP contribution >= 0.6 is 0 Å². The first-order valence-electron chi connectivity index (χ1n) is 3.13. The van der Waals surface area contributed by atoms with E-state index in [-0.39, 0.29) is 0 Å². The van der Waals surface area contributed by atoms with E-state index in [9.17, 15) is 0 Å². The van der Waals surface area contributed by atoms with Crippen LogP contribution in [0.5, 0.6) is 0 Å². The van der Waals surface area contributed by atoms with Crippen molar-refractivity contribution in [3.8, 4) is 0 Å². The molecule has 0 aliphatic heterocycles. The Kier molecular flexibility index (Phi) is 4.55. The normalized spacial score (nSPS) is 20.1. The highest BCUT2D eigenvalue weighted by atomic mass is 16.5. The molecule has 0 bridgehead atoms. The van der Waals surface area contributed by atoms with Crippen LogP contribution in [-0.2, 0) is 4.74 Å². The van der Waals surface area contributed by atoms with Crippen molar-refractivity contribution in [1.29, 1.82) is 0 Å². The predicted octanol–water partition coefficient (Wildman–Crippen LogP) is -1.26. The molecule has 0 radical (unpaired) electrons. The monoisotopic (exact) mass is 150 g/mol. The van der Waals surface area contributed by atoms with E-state index in [1.165, 1.54) is 14.0 Å². The van der Waals surface area contributed by atoms with Gasteiger partial charge in [-0.1, -0.05) is 0 Å². The summed E-state index contributed by atoms with van der Waals surface area (Å²) in [6.45, 7) is 1.09. The molecule has 0 spiro atoms. The lowest BCUT2D eigenvalue weighted by molar-refractivity contribution is -0.0900. The first-order valence-corrected chi connectivity index (χ1v) is 3.13. The largest absolute Gasteiger partial charge is 0.394 e. The summed E-state index contributed by atoms with van der Waals surface area (Å²) >= 11 is 0. The Balaban J connectivity index is 3.80. The highest BCUT2D eigenvalue weighted by Gasteiger charge is 2.22. The van der Waals surface area contributed by atoms with Crippen molar-refractivity contribution < 1.29 is 20.1 Å². The molecule has 10 heavy (non-hydrogen) atoms. The molecule has 0 rings (SSSR count). The molecule has 4 nitrogen and oxygen atoms in total. The number of ether oxygens (including phenoxy) is 1. The summed E-state index contributed by atoms with van der Waals surface area (Å²) in [5.41, 5.74) is 0. The highest BCUT2D eigenvalue weighted by Crippen LogP contribution is 2.02. The summed E-state index contributed by atoms with van der Waals surface area (Å²) in [6.07, 6.45) is -2.48. The molecule has 4 heteroatoms. The Labute approximate surface area is 60.1 Å². The van der Waals surface area contributed by atoms with Crippen molar-refractivity contribution in [3.63, 3.8) is 0 Å². The molecule has 0 fully saturated rings. The van der Waals surface area contributed by atoms with Crippen molar-refractivity contribution in [2.24, 2.45) is 0 Å². The first kappa shape index (κ1) is 9.84. The Hall–Kier alpha value is -0.160. The first-order chi connectivity index (χ1) is 4.63. The minimum absolute atomic E-state index is 0.399. The summed E-state index contributed by atoms with van der Waals surface area (Å²) < 4.78 is 4.70. The molecule has 0 aromatic carbocycles. The molecule has 0 saturated carbocycles. The van der Waals surface area contributed by atoms with E-state index < -0.39 is 24.9 Å². The summed E-state index contributed by atoms with van der Waals surface area (Å²) in [4.78, 5) is 0. The lowest BCUT2D eigenvalue weighted by Gasteiger charge is -2.21. The fraction of sp³-hybridized carbons (Fsp3) is 1.00. The molecular formula is C6H14O4. The van der Waals surface area contributed by atoms with Crippen LogP contribution in [0.15, 0.2) is 0 Å². The van der Waals surface area contributed by atoms with Gasteiger partial charge in [0.05, 0.1) is 12.7 Å². The Morgan fingerprint density at radius 3 is 2.00 bits per heavy atom. The van der Waals surface area contributed by atoms with Crippen LogP contribution in [0, 0.1) is 0 Å². The third-order valence-corrected chi connectivity index (χ3v) is 1.31. The third kappa shape index (κ3) is 2.62. The highest BCUT2D eigenvalue weighted by molar-refractivity contribution is 4.72. The van der Waals surface area contributed by atoms with Gasteiger partial charge in [0.15, 0.2) is 0 Å². The van der Waals surface area contributed by atoms with Gasteiger partial charge in [0.1, 0.15) is 12.2 Å². The van der Waals surface area contributed by atoms with E-state index in [1.54, 1.807) is 0 Å². The summed E-state index contributed by atoms with van der Waals surface area (Å²) in [5, 5.41) is 26.3. The molecule has 0 heterocycles. The number of rotatable bonds is 4. The van der Waals surface area contributed by atoms with Crippen LogP contribution in [-0.4, -0.2) is 47.3 Å². The second kappa shape index (κ2) is 4.62. The smallest absolute Gasteiger partial charge is 0.111 e. The van der Waals surface area contributed by atoms with Crippen LogP contribution in [0.25, 0.3) is 0 Å². The lowest BCUT2D eigenvalue weighted by Crippen LogP contribution is -2.39. The minimum Gasteiger partial charge on any atom is -0.394 e. The van der Waals surface area contributed by atoms with Crippen molar-refractivity contribution in [3.05, 3.63) is 0 Å². The van der Waals surface area contributed by atoms with Crippen LogP contribution in [0.4, 0.5) is 0 Å². The van der Waals surface area contributed by atoms with Gasteiger partial charge in [-0.25, -0.2) is 0 Å². The van der Waals surface area contributed by atoms with Gasteiger partial charge in [0.25, 0.3) is 0 Å². The molecule has 3 atom stereocenters. The van der Waals surface area contributed by atoms with Gasteiger partial charge in [0.2, 0.25) is 0 Å². The quantitative estimate of drug-likeness (QED) is 0.467. The van der Waals surface area contributed by atoms with Gasteiger partial charge in [-0.15, -0.1) is 0 Å². The van der Waals surface area contributed by atoms with Crippen molar-refractivity contribution in [2.75, 3.05) is 13.7 Å². The van der Waals surface area contributed by atoms with Crippen molar-refractivity contribution in [2.45, 2.75) is 25.2 Å². The zero-order valence-corrected chi connectivity index (χ0v) is 6.19. The van der Waals surface area contributed by atoms with E-state index >= 15 is 0 Å². The van der Waals surface area contributed by atoms with E-state index in [4.69, 9.17) is 20.1 Å². The van der Waals surface area contributed by atoms with Crippen LogP contribution in [0.2, 0.25) is 0 Å². The number of hydrogen-bond acceptors (Lipinski definition) is 4. The fourth-order valence-electron chi connectivity index (χ4n) is 0.779. The predicted molar refractivity (Wildman–Crippen MR) is 35.6 cm³/mol. The maximum atomic E-state index is 8.95. The van der Waals surface area contributed by atoms with Crippen LogP contribution in [0.3, 0.4) is 0 Å². The standard InChI is InChI=1S/C6H14O4/c1-4(8)6(10-2)5(9)3-7/h4-9H,3H2,1-2H3/t4-,5?,6-/m1/s1. The lowest BCUT2D eigenvalue weighted by atomic mass is 10.1. The third-order valence-electron chi connectivity index (χ3n) is 1.31. The summed E-state index contributed by atoms with van der Waals surface area (Å²) in [6, 6.07) is 0. The molecule has 0 aromatic heterocycles. The molecular weight excluding hydrogens is 136 g/mol. The Morgan fingerprint density at radius 1 is 1.40 bits per heavy atom. The van der Waals surface area contributed by atoms with Gasteiger partial charge in [-0.3, -0.25) is 0 Å². The second-order valence-corrected chi connectivity index (χ2v) is 2.19. The zero-order chi connectivity index (χ0) is 8.15. The van der Waals surface area contributed by atoms with E-state index in [0.29, 0.717) is 0 Å². The topological polar surface area (TPSA) is 69.9 Å². The maximum Gasteiger partial charge on any atom is 0.111 e. The molecule has 0 aromatic rings. The number of hydrogen-bond donors (Lipinski definition) is 3. The number of aliphatic hydroxyl groups is 3. The maximum absolute atomic E-state index is 8.95. The van der Waals surface area contributed by atoms with Crippen molar-refractivity contribution >= 4 is 0 Å². The van der Waals surface area contributed by atoms with E-state index in [2.05, 4.69) is 0 Å². The molecule has 0 amide bonds. The molecule has 3 N–H and O–H groups in total. The molecule has 1 unspecified atom stereocenters. The van der Waals surface area contributed by atoms with Gasteiger partial charge in [-0.2, -0.15) is 0 Å². The van der Waals surface area contributed by atoms with Gasteiger partial charge >= 0.3 is 0 Å². The van der Waals surface area contributed by atoms with Crippen molar-refractivity contribution in [1.82, 2.24) is 0 Å². The Morgan fingerprint density at radius 2 is 1.90 bits per heavy atom. The number of aliphatic hydroxyl groups excluding tert-OH is 3. The SMILES string of the molecule is CO[C@@H](C(O)CO)[C@@H](C)O. The molecule has 0 aliphatic rings. The summed E-state index contributed by atoms with van der Waals surface area (Å²) in [7, 11) is 1.37. The second-order valence-electron chi connectivity index (χ2n) is 2.19.